The maximum Gasteiger partial charge on any atom is 0.0876 e. The van der Waals surface area contributed by atoms with Gasteiger partial charge in [-0.1, -0.05) is 114 Å². The van der Waals surface area contributed by atoms with Crippen molar-refractivity contribution in [2.45, 2.75) is 135 Å². The summed E-state index contributed by atoms with van der Waals surface area (Å²) in [7, 11) is 0. The molecule has 1 aliphatic heterocycles. The van der Waals surface area contributed by atoms with Gasteiger partial charge in [0, 0.05) is 24.4 Å². The topological polar surface area (TPSA) is 51.4 Å². The summed E-state index contributed by atoms with van der Waals surface area (Å²) in [5.41, 5.74) is 7.28. The third-order valence-electron chi connectivity index (χ3n) is 5.18. The second-order valence-corrected chi connectivity index (χ2v) is 9.30. The van der Waals surface area contributed by atoms with E-state index in [1.165, 1.54) is 30.5 Å². The number of benzene rings is 1. The number of nitriles is 1. The molecule has 0 saturated carbocycles. The summed E-state index contributed by atoms with van der Waals surface area (Å²) >= 11 is 0. The molecule has 230 valence electrons. The van der Waals surface area contributed by atoms with E-state index in [9.17, 15) is 0 Å². The van der Waals surface area contributed by atoms with Crippen LogP contribution in [-0.4, -0.2) is 12.3 Å². The molecule has 0 radical (unpaired) electrons. The highest BCUT2D eigenvalue weighted by Gasteiger charge is 2.21. The first-order valence-electron chi connectivity index (χ1n) is 15.7. The Bertz CT molecular complexity index is 856. The Morgan fingerprint density at radius 2 is 1.52 bits per heavy atom. The second kappa shape index (κ2) is 30.7. The quantitative estimate of drug-likeness (QED) is 0.293. The van der Waals surface area contributed by atoms with Crippen molar-refractivity contribution in [2.24, 2.45) is 10.9 Å². The van der Waals surface area contributed by atoms with E-state index in [1.807, 2.05) is 55.4 Å². The smallest absolute Gasteiger partial charge is 0.0876 e. The monoisotopic (exact) mass is 555 g/mol. The van der Waals surface area contributed by atoms with E-state index < -0.39 is 0 Å². The number of nitrogens with one attached hydrogen (secondary N) is 1. The van der Waals surface area contributed by atoms with Crippen molar-refractivity contribution in [3.63, 3.8) is 0 Å². The summed E-state index contributed by atoms with van der Waals surface area (Å²) in [6, 6.07) is 8.30. The van der Waals surface area contributed by atoms with Crippen LogP contribution in [0.25, 0.3) is 0 Å². The molecule has 0 fully saturated rings. The molecule has 0 spiro atoms. The molecular weight excluding hydrogens is 488 g/mol. The zero-order chi connectivity index (χ0) is 32.1. The molecule has 0 aliphatic carbocycles. The number of rotatable bonds is 10. The van der Waals surface area contributed by atoms with E-state index in [1.54, 1.807) is 0 Å². The van der Waals surface area contributed by atoms with Crippen LogP contribution < -0.4 is 10.2 Å². The summed E-state index contributed by atoms with van der Waals surface area (Å²) in [4.78, 5) is 6.61. The molecule has 1 aromatic rings. The number of hydrogen-bond acceptors (Lipinski definition) is 4. The number of fused-ring (bicyclic) bond motifs is 1. The lowest BCUT2D eigenvalue weighted by Crippen LogP contribution is -2.26. The fourth-order valence-electron chi connectivity index (χ4n) is 3.36. The molecule has 1 aliphatic rings. The van der Waals surface area contributed by atoms with Gasteiger partial charge in [0.05, 0.1) is 28.9 Å². The van der Waals surface area contributed by atoms with Gasteiger partial charge in [0.15, 0.2) is 0 Å². The molecule has 0 atom stereocenters. The van der Waals surface area contributed by atoms with Crippen molar-refractivity contribution in [1.82, 2.24) is 5.32 Å². The molecule has 4 nitrogen and oxygen atoms in total. The van der Waals surface area contributed by atoms with Crippen molar-refractivity contribution in [2.75, 3.05) is 11.4 Å². The normalized spacial score (nSPS) is 10.5. The predicted octanol–water partition coefficient (Wildman–Crippen LogP) is 12.1. The summed E-state index contributed by atoms with van der Waals surface area (Å²) in [6.07, 6.45) is 7.89. The first kappa shape index (κ1) is 44.2. The van der Waals surface area contributed by atoms with Crippen molar-refractivity contribution in [3.05, 3.63) is 60.6 Å². The number of unbranched alkanes of at least 4 members (excludes halogenated alkanes) is 4. The fraction of sp³-hybridized carbons (Fsp3) is 0.611. The minimum absolute atomic E-state index is 0.719. The van der Waals surface area contributed by atoms with E-state index in [2.05, 4.69) is 93.8 Å². The SMILES string of the molecule is C=C(C)N1C(=C)C(C)=Nc2cc(C)ccc21.C=C(CC(C)C)NCCCCC.CC.CC.CC.CCCCC#N. The molecule has 1 heterocycles. The Balaban J connectivity index is -0.000000239. The first-order chi connectivity index (χ1) is 19.1. The number of allylic oxidation sites excluding steroid dienone is 3. The van der Waals surface area contributed by atoms with Crippen LogP contribution in [0.2, 0.25) is 0 Å². The maximum absolute atomic E-state index is 7.95. The van der Waals surface area contributed by atoms with E-state index in [0.29, 0.717) is 0 Å². The van der Waals surface area contributed by atoms with Gasteiger partial charge in [0.2, 0.25) is 0 Å². The molecule has 1 aromatic carbocycles. The Hall–Kier alpha value is -2.80. The van der Waals surface area contributed by atoms with E-state index in [0.717, 1.165) is 66.6 Å². The van der Waals surface area contributed by atoms with Crippen LogP contribution in [0.4, 0.5) is 11.4 Å². The Labute approximate surface area is 251 Å². The zero-order valence-corrected chi connectivity index (χ0v) is 28.9. The number of hydrogen-bond donors (Lipinski definition) is 1. The molecule has 1 N–H and O–H groups in total. The molecule has 0 amide bonds. The number of aryl methyl sites for hydroxylation is 1. The maximum atomic E-state index is 7.95. The molecule has 0 saturated heterocycles. The molecule has 2 rings (SSSR count). The molecule has 40 heavy (non-hydrogen) atoms. The van der Waals surface area contributed by atoms with Crippen LogP contribution in [0, 0.1) is 24.2 Å². The van der Waals surface area contributed by atoms with Crippen molar-refractivity contribution >= 4 is 17.1 Å². The summed E-state index contributed by atoms with van der Waals surface area (Å²) in [6.45, 7) is 39.9. The third-order valence-corrected chi connectivity index (χ3v) is 5.18. The van der Waals surface area contributed by atoms with Gasteiger partial charge >= 0.3 is 0 Å². The molecule has 0 bridgehead atoms. The largest absolute Gasteiger partial charge is 0.389 e. The van der Waals surface area contributed by atoms with E-state index in [4.69, 9.17) is 5.26 Å². The standard InChI is InChI=1S/C14H16N2.C11H23N.C5H9N.3C2H6/c1-9(2)16-12(5)11(4)15-13-8-10(3)6-7-14(13)16;1-5-6-7-8-12-11(4)9-10(2)3;1-2-3-4-5-6;3*1-2/h6-8H,1,5H2,2-4H3;10,12H,4-9H2,1-3H3;2-4H2,1H3;3*1-2H3. The Morgan fingerprint density at radius 1 is 0.975 bits per heavy atom. The zero-order valence-electron chi connectivity index (χ0n) is 28.9. The minimum atomic E-state index is 0.719. The predicted molar refractivity (Wildman–Crippen MR) is 186 cm³/mol. The van der Waals surface area contributed by atoms with Crippen molar-refractivity contribution in [3.8, 4) is 6.07 Å². The highest BCUT2D eigenvalue weighted by molar-refractivity contribution is 6.07. The Kier molecular flexibility index (Phi) is 34.0. The number of anilines is 1. The van der Waals surface area contributed by atoms with Crippen LogP contribution in [0.15, 0.2) is 60.0 Å². The minimum Gasteiger partial charge on any atom is -0.389 e. The lowest BCUT2D eigenvalue weighted by atomic mass is 10.1. The Morgan fingerprint density at radius 3 is 1.95 bits per heavy atom. The summed E-state index contributed by atoms with van der Waals surface area (Å²) < 4.78 is 0. The molecular formula is C36H66N4. The van der Waals surface area contributed by atoms with Gasteiger partial charge in [-0.05, 0) is 63.6 Å². The lowest BCUT2D eigenvalue weighted by Gasteiger charge is -2.31. The summed E-state index contributed by atoms with van der Waals surface area (Å²) in [5.74, 6) is 0.719. The van der Waals surface area contributed by atoms with Gasteiger partial charge in [0.1, 0.15) is 0 Å². The van der Waals surface area contributed by atoms with Crippen LogP contribution in [0.5, 0.6) is 0 Å². The highest BCUT2D eigenvalue weighted by Crippen LogP contribution is 2.38. The van der Waals surface area contributed by atoms with Gasteiger partial charge in [-0.2, -0.15) is 5.26 Å². The lowest BCUT2D eigenvalue weighted by molar-refractivity contribution is 0.587. The summed E-state index contributed by atoms with van der Waals surface area (Å²) in [5, 5.41) is 11.3. The average Bonchev–Trinajstić information content (AvgIpc) is 2.94. The van der Waals surface area contributed by atoms with Crippen LogP contribution >= 0.6 is 0 Å². The second-order valence-electron chi connectivity index (χ2n) is 9.30. The highest BCUT2D eigenvalue weighted by atomic mass is 15.2. The van der Waals surface area contributed by atoms with Gasteiger partial charge in [-0.25, -0.2) is 4.99 Å². The molecule has 0 unspecified atom stereocenters. The van der Waals surface area contributed by atoms with Crippen LogP contribution in [0.1, 0.15) is 134 Å². The fourth-order valence-corrected chi connectivity index (χ4v) is 3.36. The van der Waals surface area contributed by atoms with Crippen LogP contribution in [0.3, 0.4) is 0 Å². The van der Waals surface area contributed by atoms with Gasteiger partial charge in [0.25, 0.3) is 0 Å². The van der Waals surface area contributed by atoms with Crippen molar-refractivity contribution in [1.29, 1.82) is 5.26 Å². The van der Waals surface area contributed by atoms with Gasteiger partial charge in [-0.15, -0.1) is 0 Å². The molecule has 0 aromatic heterocycles. The van der Waals surface area contributed by atoms with Gasteiger partial charge in [-0.3, -0.25) is 0 Å². The number of aliphatic imine (C=N–C) groups is 1. The average molecular weight is 555 g/mol. The molecule has 4 heteroatoms. The van der Waals surface area contributed by atoms with Gasteiger partial charge < -0.3 is 10.2 Å². The third kappa shape index (κ3) is 22.1. The number of nitrogens with zero attached hydrogens (tertiary/aromatic N) is 3. The van der Waals surface area contributed by atoms with E-state index in [-0.39, 0.29) is 0 Å². The van der Waals surface area contributed by atoms with E-state index >= 15 is 0 Å². The first-order valence-corrected chi connectivity index (χ1v) is 15.7. The van der Waals surface area contributed by atoms with Crippen molar-refractivity contribution < 1.29 is 0 Å². The van der Waals surface area contributed by atoms with Crippen LogP contribution in [-0.2, 0) is 0 Å².